The van der Waals surface area contributed by atoms with Crippen LogP contribution in [0.15, 0.2) is 15.7 Å². The lowest BCUT2D eigenvalue weighted by atomic mass is 10.2. The van der Waals surface area contributed by atoms with Crippen LogP contribution in [0.5, 0.6) is 0 Å². The van der Waals surface area contributed by atoms with E-state index in [4.69, 9.17) is 4.74 Å². The zero-order valence-electron chi connectivity index (χ0n) is 12.0. The summed E-state index contributed by atoms with van der Waals surface area (Å²) in [5.74, 6) is -2.33. The van der Waals surface area contributed by atoms with Crippen molar-refractivity contribution in [3.63, 3.8) is 0 Å². The lowest BCUT2D eigenvalue weighted by molar-refractivity contribution is -0.873. The van der Waals surface area contributed by atoms with Gasteiger partial charge in [0.15, 0.2) is 6.10 Å². The van der Waals surface area contributed by atoms with Crippen LogP contribution in [0.3, 0.4) is 0 Å². The maximum absolute atomic E-state index is 11.9. The molecule has 1 heterocycles. The van der Waals surface area contributed by atoms with Gasteiger partial charge >= 0.3 is 11.7 Å². The molecule has 9 heteroatoms. The summed E-state index contributed by atoms with van der Waals surface area (Å²) in [7, 11) is 5.39. The van der Waals surface area contributed by atoms with E-state index in [0.717, 1.165) is 6.07 Å². The molecular formula is C12H17N3O6. The van der Waals surface area contributed by atoms with Crippen molar-refractivity contribution in [2.75, 3.05) is 27.7 Å². The van der Waals surface area contributed by atoms with Gasteiger partial charge in [0.05, 0.1) is 21.1 Å². The molecule has 0 radical (unpaired) electrons. The van der Waals surface area contributed by atoms with Gasteiger partial charge in [-0.2, -0.15) is 0 Å². The van der Waals surface area contributed by atoms with Crippen LogP contribution in [0.25, 0.3) is 0 Å². The van der Waals surface area contributed by atoms with Crippen LogP contribution in [0.4, 0.5) is 0 Å². The zero-order valence-corrected chi connectivity index (χ0v) is 12.0. The number of nitrogens with zero attached hydrogens (tertiary/aromatic N) is 1. The molecule has 1 atom stereocenters. The molecule has 0 aliphatic rings. The highest BCUT2D eigenvalue weighted by Gasteiger charge is 2.23. The molecule has 21 heavy (non-hydrogen) atoms. The molecule has 116 valence electrons. The molecule has 1 aromatic heterocycles. The maximum atomic E-state index is 11.9. The standard InChI is InChI=1S/C12H17N3O6/c1-15(2,3)6-7(4-10(17)18)21-11(19)8-5-9(16)14-12(20)13-8/h5,7H,4,6H2,1-3H3,(H2-,13,14,16,17,18,20)/t7-/m1/s1. The van der Waals surface area contributed by atoms with E-state index in [0.29, 0.717) is 4.48 Å². The molecule has 1 aromatic rings. The van der Waals surface area contributed by atoms with E-state index >= 15 is 0 Å². The van der Waals surface area contributed by atoms with Crippen molar-refractivity contribution in [2.45, 2.75) is 12.5 Å². The summed E-state index contributed by atoms with van der Waals surface area (Å²) in [4.78, 5) is 48.8. The van der Waals surface area contributed by atoms with Crippen LogP contribution in [-0.4, -0.2) is 60.2 Å². The fourth-order valence-corrected chi connectivity index (χ4v) is 1.73. The van der Waals surface area contributed by atoms with Crippen LogP contribution < -0.4 is 16.4 Å². The number of aromatic amines is 2. The van der Waals surface area contributed by atoms with Crippen molar-refractivity contribution in [3.8, 4) is 0 Å². The Labute approximate surface area is 119 Å². The lowest BCUT2D eigenvalue weighted by Crippen LogP contribution is -2.45. The molecule has 2 N–H and O–H groups in total. The smallest absolute Gasteiger partial charge is 0.355 e. The number of aromatic nitrogens is 2. The summed E-state index contributed by atoms with van der Waals surface area (Å²) < 4.78 is 5.39. The number of likely N-dealkylation sites (N-methyl/N-ethyl adjacent to an activating group) is 1. The number of hydrogen-bond acceptors (Lipinski definition) is 6. The highest BCUT2D eigenvalue weighted by atomic mass is 16.5. The molecule has 1 rings (SSSR count). The fourth-order valence-electron chi connectivity index (χ4n) is 1.73. The van der Waals surface area contributed by atoms with Crippen molar-refractivity contribution < 1.29 is 23.9 Å². The van der Waals surface area contributed by atoms with Crippen molar-refractivity contribution in [1.82, 2.24) is 9.97 Å². The number of carboxylic acid groups (broad SMARTS) is 1. The Morgan fingerprint density at radius 2 is 1.90 bits per heavy atom. The molecule has 0 aliphatic heterocycles. The topological polar surface area (TPSA) is 132 Å². The summed E-state index contributed by atoms with van der Waals surface area (Å²) in [6.45, 7) is 0.229. The molecule has 9 nitrogen and oxygen atoms in total. The first kappa shape index (κ1) is 16.6. The van der Waals surface area contributed by atoms with Crippen molar-refractivity contribution >= 4 is 11.9 Å². The number of carbonyl (C=O) groups excluding carboxylic acids is 2. The third kappa shape index (κ3) is 6.04. The van der Waals surface area contributed by atoms with Crippen LogP contribution in [0.2, 0.25) is 0 Å². The van der Waals surface area contributed by atoms with E-state index in [2.05, 4.69) is 4.98 Å². The number of quaternary nitrogens is 1. The molecule has 0 aromatic carbocycles. The first-order valence-corrected chi connectivity index (χ1v) is 6.12. The average molecular weight is 299 g/mol. The Balaban J connectivity index is 2.91. The molecule has 0 aliphatic carbocycles. The highest BCUT2D eigenvalue weighted by molar-refractivity contribution is 5.87. The van der Waals surface area contributed by atoms with E-state index in [-0.39, 0.29) is 12.2 Å². The average Bonchev–Trinajstić information content (AvgIpc) is 2.23. The minimum Gasteiger partial charge on any atom is -0.550 e. The van der Waals surface area contributed by atoms with E-state index in [9.17, 15) is 24.3 Å². The Bertz CT molecular complexity index is 611. The third-order valence-electron chi connectivity index (χ3n) is 2.40. The first-order chi connectivity index (χ1) is 9.56. The minimum absolute atomic E-state index is 0.229. The van der Waals surface area contributed by atoms with Crippen molar-refractivity contribution in [3.05, 3.63) is 32.6 Å². The van der Waals surface area contributed by atoms with E-state index < -0.39 is 35.7 Å². The molecule has 0 saturated carbocycles. The number of H-pyrrole nitrogens is 2. The number of carboxylic acids is 1. The minimum atomic E-state index is -1.36. The monoisotopic (exact) mass is 299 g/mol. The molecule has 0 saturated heterocycles. The summed E-state index contributed by atoms with van der Waals surface area (Å²) in [6.07, 6.45) is -1.42. The molecular weight excluding hydrogens is 282 g/mol. The number of ether oxygens (including phenoxy) is 1. The fraction of sp³-hybridized carbons (Fsp3) is 0.500. The number of hydrogen-bond donors (Lipinski definition) is 2. The van der Waals surface area contributed by atoms with Gasteiger partial charge in [0.25, 0.3) is 5.56 Å². The Morgan fingerprint density at radius 1 is 1.29 bits per heavy atom. The zero-order chi connectivity index (χ0) is 16.2. The largest absolute Gasteiger partial charge is 0.550 e. The van der Waals surface area contributed by atoms with Gasteiger partial charge in [-0.3, -0.25) is 9.78 Å². The van der Waals surface area contributed by atoms with Gasteiger partial charge in [-0.05, 0) is 0 Å². The quantitative estimate of drug-likeness (QED) is 0.438. The van der Waals surface area contributed by atoms with E-state index in [1.165, 1.54) is 0 Å². The van der Waals surface area contributed by atoms with Gasteiger partial charge < -0.3 is 24.1 Å². The normalized spacial score (nSPS) is 12.7. The SMILES string of the molecule is C[N+](C)(C)C[C@@H](CC(=O)[O-])OC(=O)c1cc(=O)[nH]c(=O)[nH]1. The molecule has 0 unspecified atom stereocenters. The van der Waals surface area contributed by atoms with Crippen LogP contribution in [0, 0.1) is 0 Å². The third-order valence-corrected chi connectivity index (χ3v) is 2.40. The van der Waals surface area contributed by atoms with Crippen LogP contribution >= 0.6 is 0 Å². The predicted octanol–water partition coefficient (Wildman–Crippen LogP) is -2.57. The van der Waals surface area contributed by atoms with Gasteiger partial charge in [0, 0.05) is 18.5 Å². The Morgan fingerprint density at radius 3 is 2.38 bits per heavy atom. The molecule has 0 spiro atoms. The molecule has 0 amide bonds. The highest BCUT2D eigenvalue weighted by Crippen LogP contribution is 2.07. The maximum Gasteiger partial charge on any atom is 0.355 e. The Kier molecular flexibility index (Phi) is 5.03. The first-order valence-electron chi connectivity index (χ1n) is 6.12. The van der Waals surface area contributed by atoms with Crippen molar-refractivity contribution in [1.29, 1.82) is 0 Å². The van der Waals surface area contributed by atoms with E-state index in [1.54, 1.807) is 21.1 Å². The second kappa shape index (κ2) is 6.35. The number of rotatable bonds is 6. The summed E-state index contributed by atoms with van der Waals surface area (Å²) in [5, 5.41) is 10.7. The molecule has 0 bridgehead atoms. The van der Waals surface area contributed by atoms with E-state index in [1.807, 2.05) is 4.98 Å². The number of esters is 1. The second-order valence-electron chi connectivity index (χ2n) is 5.58. The lowest BCUT2D eigenvalue weighted by Gasteiger charge is -2.29. The second-order valence-corrected chi connectivity index (χ2v) is 5.58. The summed E-state index contributed by atoms with van der Waals surface area (Å²) in [5.41, 5.74) is -1.94. The molecule has 0 fully saturated rings. The summed E-state index contributed by atoms with van der Waals surface area (Å²) in [6, 6.07) is 0.867. The Hall–Kier alpha value is -2.42. The van der Waals surface area contributed by atoms with Gasteiger partial charge in [0.2, 0.25) is 0 Å². The number of nitrogens with one attached hydrogen (secondary N) is 2. The van der Waals surface area contributed by atoms with Crippen LogP contribution in [0.1, 0.15) is 16.9 Å². The number of carbonyl (C=O) groups is 2. The van der Waals surface area contributed by atoms with Gasteiger partial charge in [-0.15, -0.1) is 0 Å². The number of aliphatic carboxylic acids is 1. The predicted molar refractivity (Wildman–Crippen MR) is 69.4 cm³/mol. The van der Waals surface area contributed by atoms with Gasteiger partial charge in [-0.25, -0.2) is 9.59 Å². The summed E-state index contributed by atoms with van der Waals surface area (Å²) >= 11 is 0. The van der Waals surface area contributed by atoms with Crippen LogP contribution in [-0.2, 0) is 9.53 Å². The van der Waals surface area contributed by atoms with Gasteiger partial charge in [0.1, 0.15) is 12.2 Å². The van der Waals surface area contributed by atoms with Gasteiger partial charge in [-0.1, -0.05) is 0 Å². The van der Waals surface area contributed by atoms with Crippen molar-refractivity contribution in [2.24, 2.45) is 0 Å².